The van der Waals surface area contributed by atoms with Crippen molar-refractivity contribution in [2.24, 2.45) is 7.05 Å². The van der Waals surface area contributed by atoms with Gasteiger partial charge in [-0.15, -0.1) is 11.3 Å². The number of imidazole rings is 1. The number of rotatable bonds is 6. The van der Waals surface area contributed by atoms with Crippen LogP contribution in [0, 0.1) is 17.1 Å². The summed E-state index contributed by atoms with van der Waals surface area (Å²) < 4.78 is 34.0. The smallest absolute Gasteiger partial charge is 0.273 e. The molecule has 8 nitrogen and oxygen atoms in total. The maximum atomic E-state index is 13.9. The molecule has 39 heavy (non-hydrogen) atoms. The summed E-state index contributed by atoms with van der Waals surface area (Å²) in [4.78, 5) is 18.5. The van der Waals surface area contributed by atoms with Gasteiger partial charge in [0.1, 0.15) is 27.9 Å². The van der Waals surface area contributed by atoms with E-state index in [4.69, 9.17) is 14.2 Å². The third-order valence-corrected chi connectivity index (χ3v) is 7.36. The number of fused-ring (bicyclic) bond motifs is 1. The molecule has 3 aromatic carbocycles. The van der Waals surface area contributed by atoms with Crippen molar-refractivity contribution in [2.75, 3.05) is 21.3 Å². The summed E-state index contributed by atoms with van der Waals surface area (Å²) >= 11 is 1.13. The lowest BCUT2D eigenvalue weighted by Gasteiger charge is -2.11. The fourth-order valence-corrected chi connectivity index (χ4v) is 5.44. The van der Waals surface area contributed by atoms with Crippen LogP contribution in [0.15, 0.2) is 65.5 Å². The molecule has 0 saturated heterocycles. The second-order valence-corrected chi connectivity index (χ2v) is 9.48. The van der Waals surface area contributed by atoms with E-state index in [0.717, 1.165) is 22.4 Å². The summed E-state index contributed by atoms with van der Waals surface area (Å²) in [6, 6.07) is 18.7. The number of nitrogens with zero attached hydrogens (tertiary/aromatic N) is 4. The Hall–Kier alpha value is -4.88. The van der Waals surface area contributed by atoms with Gasteiger partial charge in [-0.1, -0.05) is 12.1 Å². The van der Waals surface area contributed by atoms with Gasteiger partial charge in [0.25, 0.3) is 5.56 Å². The number of para-hydroxylation sites is 2. The maximum Gasteiger partial charge on any atom is 0.273 e. The largest absolute Gasteiger partial charge is 0.496 e. The Morgan fingerprint density at radius 1 is 1.00 bits per heavy atom. The Morgan fingerprint density at radius 2 is 1.67 bits per heavy atom. The molecule has 0 aliphatic heterocycles. The molecule has 0 spiro atoms. The van der Waals surface area contributed by atoms with Gasteiger partial charge in [-0.25, -0.2) is 9.37 Å². The zero-order valence-corrected chi connectivity index (χ0v) is 22.4. The monoisotopic (exact) mass is 542 g/mol. The molecule has 0 fully saturated rings. The molecule has 2 aromatic heterocycles. The molecule has 0 saturated carbocycles. The minimum Gasteiger partial charge on any atom is -0.496 e. The van der Waals surface area contributed by atoms with Gasteiger partial charge in [0.05, 0.1) is 42.6 Å². The van der Waals surface area contributed by atoms with E-state index in [0.29, 0.717) is 43.5 Å². The predicted octanol–water partition coefficient (Wildman–Crippen LogP) is 3.50. The van der Waals surface area contributed by atoms with Crippen molar-refractivity contribution in [3.05, 3.63) is 97.4 Å². The zero-order chi connectivity index (χ0) is 27.7. The Balaban J connectivity index is 1.88. The highest BCUT2D eigenvalue weighted by Gasteiger charge is 2.19. The van der Waals surface area contributed by atoms with Crippen LogP contribution in [0.2, 0.25) is 0 Å². The first-order chi connectivity index (χ1) is 18.9. The lowest BCUT2D eigenvalue weighted by molar-refractivity contribution is 0.348. The molecule has 0 atom stereocenters. The number of methoxy groups -OCH3 is 3. The van der Waals surface area contributed by atoms with Crippen LogP contribution in [0.4, 0.5) is 4.39 Å². The number of hydrogen-bond donors (Lipinski definition) is 0. The first-order valence-corrected chi connectivity index (χ1v) is 12.6. The van der Waals surface area contributed by atoms with Gasteiger partial charge >= 0.3 is 0 Å². The van der Waals surface area contributed by atoms with E-state index >= 15 is 0 Å². The fourth-order valence-electron chi connectivity index (χ4n) is 4.34. The molecule has 0 unspecified atom stereocenters. The van der Waals surface area contributed by atoms with Crippen molar-refractivity contribution in [3.8, 4) is 29.0 Å². The first kappa shape index (κ1) is 25.8. The van der Waals surface area contributed by atoms with Crippen molar-refractivity contribution in [2.45, 2.75) is 0 Å². The van der Waals surface area contributed by atoms with Crippen LogP contribution >= 0.6 is 11.3 Å². The second-order valence-electron chi connectivity index (χ2n) is 8.45. The Labute approximate surface area is 226 Å². The summed E-state index contributed by atoms with van der Waals surface area (Å²) in [6.45, 7) is 0. The van der Waals surface area contributed by atoms with Gasteiger partial charge in [-0.05, 0) is 48.5 Å². The van der Waals surface area contributed by atoms with E-state index in [9.17, 15) is 14.4 Å². The van der Waals surface area contributed by atoms with E-state index in [2.05, 4.69) is 11.1 Å². The molecule has 2 heterocycles. The average Bonchev–Trinajstić information content (AvgIpc) is 3.46. The van der Waals surface area contributed by atoms with Crippen molar-refractivity contribution in [1.82, 2.24) is 14.1 Å². The van der Waals surface area contributed by atoms with E-state index < -0.39 is 5.82 Å². The summed E-state index contributed by atoms with van der Waals surface area (Å²) in [5.41, 5.74) is 2.38. The van der Waals surface area contributed by atoms with Crippen LogP contribution < -0.4 is 29.0 Å². The lowest BCUT2D eigenvalue weighted by atomic mass is 10.1. The summed E-state index contributed by atoms with van der Waals surface area (Å²) in [5.74, 6) is 1.37. The van der Waals surface area contributed by atoms with Crippen LogP contribution in [0.5, 0.6) is 17.2 Å². The zero-order valence-electron chi connectivity index (χ0n) is 21.6. The van der Waals surface area contributed by atoms with E-state index in [1.807, 2.05) is 35.9 Å². The van der Waals surface area contributed by atoms with Gasteiger partial charge in [-0.2, -0.15) is 5.26 Å². The third kappa shape index (κ3) is 4.53. The van der Waals surface area contributed by atoms with E-state index in [-0.39, 0.29) is 11.1 Å². The van der Waals surface area contributed by atoms with Gasteiger partial charge < -0.3 is 18.8 Å². The molecule has 0 aliphatic rings. The normalized spacial score (nSPS) is 12.4. The lowest BCUT2D eigenvalue weighted by Crippen LogP contribution is -2.31. The number of ether oxygens (including phenoxy) is 3. The van der Waals surface area contributed by atoms with Crippen LogP contribution in [0.25, 0.3) is 28.4 Å². The first-order valence-electron chi connectivity index (χ1n) is 11.8. The quantitative estimate of drug-likeness (QED) is 0.326. The fraction of sp³-hybridized carbons (Fsp3) is 0.138. The molecule has 0 N–H and O–H groups in total. The summed E-state index contributed by atoms with van der Waals surface area (Å²) in [5, 5.41) is 10.3. The van der Waals surface area contributed by atoms with Crippen molar-refractivity contribution in [3.63, 3.8) is 0 Å². The molecule has 0 bridgehead atoms. The van der Waals surface area contributed by atoms with Gasteiger partial charge in [-0.3, -0.25) is 9.36 Å². The highest BCUT2D eigenvalue weighted by Crippen LogP contribution is 2.35. The molecule has 196 valence electrons. The van der Waals surface area contributed by atoms with Gasteiger partial charge in [0.2, 0.25) is 0 Å². The number of nitriles is 1. The predicted molar refractivity (Wildman–Crippen MR) is 148 cm³/mol. The highest BCUT2D eigenvalue weighted by atomic mass is 32.1. The topological polar surface area (TPSA) is 91.3 Å². The number of benzene rings is 3. The molecule has 5 rings (SSSR count). The molecule has 0 aliphatic carbocycles. The SMILES string of the molecule is COc1cc(OC)c(OC)cc1C=c1sc(=C(C#N)c2nc3ccccc3n2C)n(-c2ccc(F)cc2)c1=O. The minimum atomic E-state index is -0.440. The Kier molecular flexibility index (Phi) is 6.92. The average molecular weight is 543 g/mol. The number of aromatic nitrogens is 3. The maximum absolute atomic E-state index is 13.9. The molecule has 0 amide bonds. The van der Waals surface area contributed by atoms with Crippen LogP contribution in [0.1, 0.15) is 11.4 Å². The van der Waals surface area contributed by atoms with Gasteiger partial charge in [0, 0.05) is 18.7 Å². The molecular formula is C29H23FN4O4S. The van der Waals surface area contributed by atoms with E-state index in [1.54, 1.807) is 18.2 Å². The van der Waals surface area contributed by atoms with Gasteiger partial charge in [0.15, 0.2) is 17.3 Å². The molecule has 0 radical (unpaired) electrons. The number of thiazole rings is 1. The Bertz CT molecular complexity index is 1930. The standard InChI is InChI=1S/C29H23FN4O4S/c1-33-22-8-6-5-7-21(22)32-27(33)20(16-31)29-34(19-11-9-18(30)10-12-19)28(35)26(39-29)14-17-13-24(37-3)25(38-4)15-23(17)36-2/h5-15H,1-4H3. The molecular weight excluding hydrogens is 519 g/mol. The molecule has 5 aromatic rings. The summed E-state index contributed by atoms with van der Waals surface area (Å²) in [7, 11) is 6.37. The number of halogens is 1. The highest BCUT2D eigenvalue weighted by molar-refractivity contribution is 7.07. The minimum absolute atomic E-state index is 0.207. The van der Waals surface area contributed by atoms with Crippen LogP contribution in [0.3, 0.4) is 0 Å². The van der Waals surface area contributed by atoms with Crippen molar-refractivity contribution in [1.29, 1.82) is 5.26 Å². The number of aryl methyl sites for hydroxylation is 1. The van der Waals surface area contributed by atoms with E-state index in [1.165, 1.54) is 50.2 Å². The Morgan fingerprint density at radius 3 is 2.31 bits per heavy atom. The summed E-state index contributed by atoms with van der Waals surface area (Å²) in [6.07, 6.45) is 1.67. The van der Waals surface area contributed by atoms with Crippen molar-refractivity contribution >= 4 is 34.0 Å². The van der Waals surface area contributed by atoms with Crippen LogP contribution in [-0.4, -0.2) is 35.4 Å². The molecule has 10 heteroatoms. The third-order valence-electron chi connectivity index (χ3n) is 6.27. The van der Waals surface area contributed by atoms with Crippen molar-refractivity contribution < 1.29 is 18.6 Å². The number of hydrogen-bond acceptors (Lipinski definition) is 7. The second kappa shape index (κ2) is 10.5. The van der Waals surface area contributed by atoms with Crippen LogP contribution in [-0.2, 0) is 7.05 Å².